The van der Waals surface area contributed by atoms with E-state index < -0.39 is 18.5 Å². The van der Waals surface area contributed by atoms with Crippen molar-refractivity contribution in [2.75, 3.05) is 20.8 Å². The van der Waals surface area contributed by atoms with Crippen LogP contribution in [0.3, 0.4) is 0 Å². The van der Waals surface area contributed by atoms with Crippen molar-refractivity contribution in [1.29, 1.82) is 0 Å². The average molecular weight is 361 g/mol. The Morgan fingerprint density at radius 2 is 1.67 bits per heavy atom. The molecule has 21 heavy (non-hydrogen) atoms. The summed E-state index contributed by atoms with van der Waals surface area (Å²) in [6.07, 6.45) is -0.260. The fourth-order valence-corrected chi connectivity index (χ4v) is 2.04. The molecule has 1 rings (SSSR count). The van der Waals surface area contributed by atoms with Crippen molar-refractivity contribution in [3.63, 3.8) is 0 Å². The third-order valence-corrected chi connectivity index (χ3v) is 3.15. The van der Waals surface area contributed by atoms with Crippen LogP contribution in [-0.4, -0.2) is 38.9 Å². The minimum Gasteiger partial charge on any atom is -0.495 e. The molecule has 0 spiro atoms. The first-order valence-electron chi connectivity index (χ1n) is 6.17. The molecule has 0 aromatic heterocycles. The summed E-state index contributed by atoms with van der Waals surface area (Å²) in [7, 11) is 2.93. The van der Waals surface area contributed by atoms with E-state index in [4.69, 9.17) is 18.9 Å². The molecule has 0 saturated carbocycles. The summed E-state index contributed by atoms with van der Waals surface area (Å²) in [5.74, 6) is -0.425. The van der Waals surface area contributed by atoms with E-state index in [2.05, 4.69) is 15.9 Å². The van der Waals surface area contributed by atoms with E-state index in [1.54, 1.807) is 13.8 Å². The van der Waals surface area contributed by atoms with Gasteiger partial charge in [-0.15, -0.1) is 0 Å². The number of methoxy groups -OCH3 is 2. The molecule has 0 N–H and O–H groups in total. The third-order valence-electron chi connectivity index (χ3n) is 2.37. The minimum atomic E-state index is -0.667. The fourth-order valence-electron chi connectivity index (χ4n) is 1.49. The molecule has 6 nitrogen and oxygen atoms in total. The van der Waals surface area contributed by atoms with E-state index in [1.807, 2.05) is 0 Å². The maximum absolute atomic E-state index is 11.9. The van der Waals surface area contributed by atoms with Crippen LogP contribution in [-0.2, 0) is 14.3 Å². The molecule has 7 heteroatoms. The lowest BCUT2D eigenvalue weighted by atomic mass is 10.2. The Bertz CT molecular complexity index is 501. The molecule has 0 atom stereocenters. The van der Waals surface area contributed by atoms with Crippen molar-refractivity contribution in [1.82, 2.24) is 0 Å². The van der Waals surface area contributed by atoms with Gasteiger partial charge in [-0.2, -0.15) is 0 Å². The Morgan fingerprint density at radius 3 is 2.10 bits per heavy atom. The number of hydrogen-bond acceptors (Lipinski definition) is 6. The van der Waals surface area contributed by atoms with Crippen molar-refractivity contribution in [2.24, 2.45) is 0 Å². The van der Waals surface area contributed by atoms with Gasteiger partial charge in [0.25, 0.3) is 0 Å². The second-order valence-electron chi connectivity index (χ2n) is 4.31. The minimum absolute atomic E-state index is 0.212. The van der Waals surface area contributed by atoms with Gasteiger partial charge in [-0.05, 0) is 41.9 Å². The van der Waals surface area contributed by atoms with E-state index >= 15 is 0 Å². The first kappa shape index (κ1) is 17.3. The number of carbonyl (C=O) groups is 2. The number of ether oxygens (including phenoxy) is 4. The van der Waals surface area contributed by atoms with Crippen LogP contribution in [0.2, 0.25) is 0 Å². The van der Waals surface area contributed by atoms with Gasteiger partial charge in [0.1, 0.15) is 16.0 Å². The molecule has 0 amide bonds. The predicted octanol–water partition coefficient (Wildman–Crippen LogP) is 2.57. The van der Waals surface area contributed by atoms with Crippen LogP contribution in [0.5, 0.6) is 11.5 Å². The summed E-state index contributed by atoms with van der Waals surface area (Å²) >= 11 is 3.30. The van der Waals surface area contributed by atoms with Crippen LogP contribution in [0.25, 0.3) is 0 Å². The Hall–Kier alpha value is -1.76. The van der Waals surface area contributed by atoms with Gasteiger partial charge in [-0.1, -0.05) is 0 Å². The topological polar surface area (TPSA) is 71.1 Å². The summed E-state index contributed by atoms with van der Waals surface area (Å²) in [5.41, 5.74) is 0.212. The Kier molecular flexibility index (Phi) is 6.48. The normalized spacial score (nSPS) is 10.2. The molecule has 0 unspecified atom stereocenters. The van der Waals surface area contributed by atoms with Gasteiger partial charge in [0.05, 0.1) is 25.9 Å². The van der Waals surface area contributed by atoms with Crippen molar-refractivity contribution in [2.45, 2.75) is 20.0 Å². The lowest BCUT2D eigenvalue weighted by molar-refractivity contribution is -0.150. The first-order valence-corrected chi connectivity index (χ1v) is 6.96. The molecule has 0 heterocycles. The van der Waals surface area contributed by atoms with Gasteiger partial charge in [0, 0.05) is 0 Å². The second-order valence-corrected chi connectivity index (χ2v) is 5.10. The standard InChI is InChI=1S/C14H17BrO6/c1-8(2)21-12(16)7-20-14(17)9-5-10(18-3)13(15)11(6-9)19-4/h5-6,8H,7H2,1-4H3. The van der Waals surface area contributed by atoms with Crippen LogP contribution in [0.15, 0.2) is 16.6 Å². The van der Waals surface area contributed by atoms with Crippen LogP contribution in [0.4, 0.5) is 0 Å². The van der Waals surface area contributed by atoms with Crippen LogP contribution in [0.1, 0.15) is 24.2 Å². The average Bonchev–Trinajstić information content (AvgIpc) is 2.44. The quantitative estimate of drug-likeness (QED) is 0.726. The fraction of sp³-hybridized carbons (Fsp3) is 0.429. The van der Waals surface area contributed by atoms with E-state index in [0.717, 1.165) is 0 Å². The van der Waals surface area contributed by atoms with Gasteiger partial charge in [-0.3, -0.25) is 0 Å². The van der Waals surface area contributed by atoms with Crippen molar-refractivity contribution in [3.8, 4) is 11.5 Å². The summed E-state index contributed by atoms with van der Waals surface area (Å²) in [6.45, 7) is 2.98. The van der Waals surface area contributed by atoms with Gasteiger partial charge in [-0.25, -0.2) is 9.59 Å². The molecule has 116 valence electrons. The molecule has 0 aliphatic rings. The Balaban J connectivity index is 2.81. The highest BCUT2D eigenvalue weighted by molar-refractivity contribution is 9.10. The molecular weight excluding hydrogens is 344 g/mol. The van der Waals surface area contributed by atoms with Crippen molar-refractivity contribution < 1.29 is 28.5 Å². The Labute approximate surface area is 131 Å². The third kappa shape index (κ3) is 4.93. The van der Waals surface area contributed by atoms with Crippen LogP contribution >= 0.6 is 15.9 Å². The second kappa shape index (κ2) is 7.87. The van der Waals surface area contributed by atoms with Crippen LogP contribution in [0, 0.1) is 0 Å². The Morgan fingerprint density at radius 1 is 1.14 bits per heavy atom. The van der Waals surface area contributed by atoms with Gasteiger partial charge in [0.15, 0.2) is 6.61 Å². The smallest absolute Gasteiger partial charge is 0.344 e. The number of esters is 2. The predicted molar refractivity (Wildman–Crippen MR) is 78.8 cm³/mol. The maximum Gasteiger partial charge on any atom is 0.344 e. The lowest BCUT2D eigenvalue weighted by Crippen LogP contribution is -2.19. The molecule has 0 aliphatic heterocycles. The number of halogens is 1. The first-order chi connectivity index (χ1) is 9.88. The van der Waals surface area contributed by atoms with E-state index in [1.165, 1.54) is 26.4 Å². The maximum atomic E-state index is 11.9. The molecule has 0 aliphatic carbocycles. The summed E-state index contributed by atoms with van der Waals surface area (Å²) in [6, 6.07) is 2.98. The summed E-state index contributed by atoms with van der Waals surface area (Å²) < 4.78 is 20.6. The zero-order chi connectivity index (χ0) is 16.0. The zero-order valence-electron chi connectivity index (χ0n) is 12.3. The van der Waals surface area contributed by atoms with Gasteiger partial charge >= 0.3 is 11.9 Å². The molecule has 0 bridgehead atoms. The lowest BCUT2D eigenvalue weighted by Gasteiger charge is -2.12. The molecule has 1 aromatic carbocycles. The molecule has 0 radical (unpaired) electrons. The summed E-state index contributed by atoms with van der Waals surface area (Å²) in [5, 5.41) is 0. The van der Waals surface area contributed by atoms with Gasteiger partial charge < -0.3 is 18.9 Å². The summed E-state index contributed by atoms with van der Waals surface area (Å²) in [4.78, 5) is 23.3. The zero-order valence-corrected chi connectivity index (χ0v) is 13.9. The monoisotopic (exact) mass is 360 g/mol. The molecule has 0 saturated heterocycles. The van der Waals surface area contributed by atoms with Crippen molar-refractivity contribution >= 4 is 27.9 Å². The van der Waals surface area contributed by atoms with E-state index in [9.17, 15) is 9.59 Å². The van der Waals surface area contributed by atoms with Crippen molar-refractivity contribution in [3.05, 3.63) is 22.2 Å². The number of benzene rings is 1. The SMILES string of the molecule is COc1cc(C(=O)OCC(=O)OC(C)C)cc(OC)c1Br. The highest BCUT2D eigenvalue weighted by Gasteiger charge is 2.17. The van der Waals surface area contributed by atoms with E-state index in [0.29, 0.717) is 16.0 Å². The number of carbonyl (C=O) groups excluding carboxylic acids is 2. The molecular formula is C14H17BrO6. The van der Waals surface area contributed by atoms with E-state index in [-0.39, 0.29) is 11.7 Å². The van der Waals surface area contributed by atoms with Gasteiger partial charge in [0.2, 0.25) is 0 Å². The number of hydrogen-bond donors (Lipinski definition) is 0. The largest absolute Gasteiger partial charge is 0.495 e. The van der Waals surface area contributed by atoms with Crippen LogP contribution < -0.4 is 9.47 Å². The molecule has 1 aromatic rings. The highest BCUT2D eigenvalue weighted by Crippen LogP contribution is 2.35. The molecule has 0 fully saturated rings. The number of rotatable bonds is 6. The highest BCUT2D eigenvalue weighted by atomic mass is 79.9.